The fourth-order valence-electron chi connectivity index (χ4n) is 2.79. The normalized spacial score (nSPS) is 17.8. The van der Waals surface area contributed by atoms with Crippen LogP contribution in [0.3, 0.4) is 0 Å². The standard InChI is InChI=1S/C18H28N2O3/c1-18(2,3)23-17(21)20-12-10-19(11-13-20)16(14-22-4)15-8-6-5-7-9-15/h5-9,16H,10-14H2,1-4H3. The van der Waals surface area contributed by atoms with Crippen LogP contribution in [-0.4, -0.2) is 61.4 Å². The van der Waals surface area contributed by atoms with Gasteiger partial charge in [-0.25, -0.2) is 4.79 Å². The first kappa shape index (κ1) is 17.8. The molecule has 1 aliphatic rings. The van der Waals surface area contributed by atoms with Crippen molar-refractivity contribution in [2.45, 2.75) is 32.4 Å². The van der Waals surface area contributed by atoms with Crippen molar-refractivity contribution in [1.82, 2.24) is 9.80 Å². The van der Waals surface area contributed by atoms with E-state index in [-0.39, 0.29) is 12.1 Å². The highest BCUT2D eigenvalue weighted by Gasteiger charge is 2.29. The Balaban J connectivity index is 1.95. The molecule has 1 aromatic rings. The van der Waals surface area contributed by atoms with Gasteiger partial charge in [0, 0.05) is 33.3 Å². The van der Waals surface area contributed by atoms with Gasteiger partial charge >= 0.3 is 6.09 Å². The molecule has 0 aromatic heterocycles. The van der Waals surface area contributed by atoms with E-state index in [2.05, 4.69) is 29.2 Å². The van der Waals surface area contributed by atoms with Crippen LogP contribution >= 0.6 is 0 Å². The third kappa shape index (κ3) is 5.22. The maximum Gasteiger partial charge on any atom is 0.410 e. The number of hydrogen-bond acceptors (Lipinski definition) is 4. The first-order valence-electron chi connectivity index (χ1n) is 8.16. The first-order valence-corrected chi connectivity index (χ1v) is 8.16. The summed E-state index contributed by atoms with van der Waals surface area (Å²) in [6.07, 6.45) is -0.222. The molecule has 0 spiro atoms. The van der Waals surface area contributed by atoms with Crippen molar-refractivity contribution in [3.8, 4) is 0 Å². The smallest absolute Gasteiger partial charge is 0.410 e. The third-order valence-corrected chi connectivity index (χ3v) is 3.92. The van der Waals surface area contributed by atoms with Crippen LogP contribution in [0.1, 0.15) is 32.4 Å². The number of carbonyl (C=O) groups is 1. The summed E-state index contributed by atoms with van der Waals surface area (Å²) in [4.78, 5) is 16.3. The molecule has 128 valence electrons. The molecular formula is C18H28N2O3. The van der Waals surface area contributed by atoms with Gasteiger partial charge in [-0.05, 0) is 26.3 Å². The van der Waals surface area contributed by atoms with E-state index in [1.54, 1.807) is 12.0 Å². The molecule has 5 nitrogen and oxygen atoms in total. The van der Waals surface area contributed by atoms with E-state index in [1.165, 1.54) is 5.56 Å². The van der Waals surface area contributed by atoms with Crippen LogP contribution in [0.2, 0.25) is 0 Å². The van der Waals surface area contributed by atoms with Gasteiger partial charge in [0.25, 0.3) is 0 Å². The average molecular weight is 320 g/mol. The maximum absolute atomic E-state index is 12.1. The van der Waals surface area contributed by atoms with E-state index in [9.17, 15) is 4.79 Å². The number of amides is 1. The van der Waals surface area contributed by atoms with Gasteiger partial charge in [0.05, 0.1) is 12.6 Å². The highest BCUT2D eigenvalue weighted by Crippen LogP contribution is 2.23. The van der Waals surface area contributed by atoms with Crippen LogP contribution in [-0.2, 0) is 9.47 Å². The lowest BCUT2D eigenvalue weighted by atomic mass is 10.1. The number of rotatable bonds is 4. The molecule has 1 unspecified atom stereocenters. The predicted octanol–water partition coefficient (Wildman–Crippen LogP) is 2.93. The van der Waals surface area contributed by atoms with E-state index in [0.29, 0.717) is 19.7 Å². The van der Waals surface area contributed by atoms with E-state index < -0.39 is 5.60 Å². The zero-order valence-electron chi connectivity index (χ0n) is 14.6. The highest BCUT2D eigenvalue weighted by atomic mass is 16.6. The number of carbonyl (C=O) groups excluding carboxylic acids is 1. The molecular weight excluding hydrogens is 292 g/mol. The van der Waals surface area contributed by atoms with E-state index in [4.69, 9.17) is 9.47 Å². The molecule has 5 heteroatoms. The Morgan fingerprint density at radius 1 is 1.13 bits per heavy atom. The molecule has 1 fully saturated rings. The summed E-state index contributed by atoms with van der Waals surface area (Å²) in [5.41, 5.74) is 0.802. The lowest BCUT2D eigenvalue weighted by molar-refractivity contribution is 0.00413. The van der Waals surface area contributed by atoms with E-state index in [0.717, 1.165) is 13.1 Å². The van der Waals surface area contributed by atoms with E-state index in [1.807, 2.05) is 26.8 Å². The van der Waals surface area contributed by atoms with Crippen LogP contribution in [0, 0.1) is 0 Å². The van der Waals surface area contributed by atoms with Crippen LogP contribution in [0.5, 0.6) is 0 Å². The second kappa shape index (κ2) is 7.79. The Morgan fingerprint density at radius 3 is 2.26 bits per heavy atom. The zero-order valence-corrected chi connectivity index (χ0v) is 14.6. The van der Waals surface area contributed by atoms with Gasteiger partial charge in [-0.15, -0.1) is 0 Å². The number of nitrogens with zero attached hydrogens (tertiary/aromatic N) is 2. The van der Waals surface area contributed by atoms with Gasteiger partial charge in [0.2, 0.25) is 0 Å². The summed E-state index contributed by atoms with van der Waals surface area (Å²) >= 11 is 0. The van der Waals surface area contributed by atoms with Crippen molar-refractivity contribution in [3.63, 3.8) is 0 Å². The topological polar surface area (TPSA) is 42.0 Å². The molecule has 0 bridgehead atoms. The second-order valence-corrected chi connectivity index (χ2v) is 6.89. The minimum absolute atomic E-state index is 0.222. The number of benzene rings is 1. The van der Waals surface area contributed by atoms with Crippen LogP contribution in [0.4, 0.5) is 4.79 Å². The largest absolute Gasteiger partial charge is 0.444 e. The quantitative estimate of drug-likeness (QED) is 0.855. The van der Waals surface area contributed by atoms with Gasteiger partial charge in [0.15, 0.2) is 0 Å². The third-order valence-electron chi connectivity index (χ3n) is 3.92. The monoisotopic (exact) mass is 320 g/mol. The Bertz CT molecular complexity index is 491. The van der Waals surface area contributed by atoms with Crippen LogP contribution in [0.25, 0.3) is 0 Å². The number of methoxy groups -OCH3 is 1. The highest BCUT2D eigenvalue weighted by molar-refractivity contribution is 5.68. The molecule has 1 aromatic carbocycles. The summed E-state index contributed by atoms with van der Waals surface area (Å²) in [5.74, 6) is 0. The summed E-state index contributed by atoms with van der Waals surface area (Å²) in [6.45, 7) is 9.34. The summed E-state index contributed by atoms with van der Waals surface area (Å²) in [6, 6.07) is 10.6. The molecule has 1 amide bonds. The van der Waals surface area contributed by atoms with Gasteiger partial charge in [-0.1, -0.05) is 30.3 Å². The molecule has 1 heterocycles. The van der Waals surface area contributed by atoms with Gasteiger partial charge in [-0.2, -0.15) is 0 Å². The fraction of sp³-hybridized carbons (Fsp3) is 0.611. The molecule has 0 N–H and O–H groups in total. The molecule has 23 heavy (non-hydrogen) atoms. The van der Waals surface area contributed by atoms with Crippen LogP contribution < -0.4 is 0 Å². The summed E-state index contributed by atoms with van der Waals surface area (Å²) < 4.78 is 10.9. The van der Waals surface area contributed by atoms with E-state index >= 15 is 0 Å². The zero-order chi connectivity index (χ0) is 16.9. The lowest BCUT2D eigenvalue weighted by Crippen LogP contribution is -2.51. The van der Waals surface area contributed by atoms with Gasteiger partial charge < -0.3 is 14.4 Å². The van der Waals surface area contributed by atoms with Gasteiger partial charge in [-0.3, -0.25) is 4.90 Å². The fourth-order valence-corrected chi connectivity index (χ4v) is 2.79. The lowest BCUT2D eigenvalue weighted by Gasteiger charge is -2.39. The molecule has 1 saturated heterocycles. The SMILES string of the molecule is COCC(c1ccccc1)N1CCN(C(=O)OC(C)(C)C)CC1. The van der Waals surface area contributed by atoms with Crippen molar-refractivity contribution < 1.29 is 14.3 Å². The predicted molar refractivity (Wildman–Crippen MR) is 90.4 cm³/mol. The molecule has 0 saturated carbocycles. The number of hydrogen-bond donors (Lipinski definition) is 0. The minimum Gasteiger partial charge on any atom is -0.444 e. The molecule has 1 atom stereocenters. The summed E-state index contributed by atoms with van der Waals surface area (Å²) in [7, 11) is 1.73. The molecule has 0 aliphatic carbocycles. The van der Waals surface area contributed by atoms with Crippen molar-refractivity contribution in [2.75, 3.05) is 39.9 Å². The number of ether oxygens (including phenoxy) is 2. The minimum atomic E-state index is -0.448. The first-order chi connectivity index (χ1) is 10.9. The molecule has 1 aliphatic heterocycles. The summed E-state index contributed by atoms with van der Waals surface area (Å²) in [5, 5.41) is 0. The Labute approximate surface area is 139 Å². The van der Waals surface area contributed by atoms with Crippen molar-refractivity contribution >= 4 is 6.09 Å². The van der Waals surface area contributed by atoms with Crippen molar-refractivity contribution in [3.05, 3.63) is 35.9 Å². The second-order valence-electron chi connectivity index (χ2n) is 6.89. The maximum atomic E-state index is 12.1. The number of piperazine rings is 1. The Kier molecular flexibility index (Phi) is 6.02. The van der Waals surface area contributed by atoms with Crippen molar-refractivity contribution in [2.24, 2.45) is 0 Å². The Hall–Kier alpha value is -1.59. The molecule has 0 radical (unpaired) electrons. The van der Waals surface area contributed by atoms with Gasteiger partial charge in [0.1, 0.15) is 5.60 Å². The molecule has 2 rings (SSSR count). The van der Waals surface area contributed by atoms with Crippen LogP contribution in [0.15, 0.2) is 30.3 Å². The Morgan fingerprint density at radius 2 is 1.74 bits per heavy atom. The van der Waals surface area contributed by atoms with Crippen molar-refractivity contribution in [1.29, 1.82) is 0 Å². The average Bonchev–Trinajstić information content (AvgIpc) is 2.52.